The van der Waals surface area contributed by atoms with Crippen molar-refractivity contribution in [1.82, 2.24) is 0 Å². The average molecular weight is 597 g/mol. The first-order valence-electron chi connectivity index (χ1n) is 16.6. The van der Waals surface area contributed by atoms with E-state index in [-0.39, 0.29) is 5.41 Å². The van der Waals surface area contributed by atoms with E-state index < -0.39 is 0 Å². The van der Waals surface area contributed by atoms with Crippen LogP contribution >= 0.6 is 0 Å². The van der Waals surface area contributed by atoms with E-state index in [4.69, 9.17) is 0 Å². The second kappa shape index (κ2) is 9.64. The third-order valence-corrected chi connectivity index (χ3v) is 10.8. The maximum atomic E-state index is 2.50. The van der Waals surface area contributed by atoms with E-state index in [9.17, 15) is 0 Å². The van der Waals surface area contributed by atoms with Gasteiger partial charge in [0.15, 0.2) is 0 Å². The molecule has 1 aliphatic carbocycles. The van der Waals surface area contributed by atoms with E-state index in [0.717, 1.165) is 0 Å². The van der Waals surface area contributed by atoms with Crippen LogP contribution in [0.25, 0.3) is 87.2 Å². The second-order valence-corrected chi connectivity index (χ2v) is 13.6. The summed E-state index contributed by atoms with van der Waals surface area (Å²) in [6, 6.07) is 58.8. The van der Waals surface area contributed by atoms with Crippen molar-refractivity contribution in [3.05, 3.63) is 169 Å². The Morgan fingerprint density at radius 3 is 1.36 bits per heavy atom. The molecule has 0 bridgehead atoms. The van der Waals surface area contributed by atoms with E-state index in [1.54, 1.807) is 0 Å². The summed E-state index contributed by atoms with van der Waals surface area (Å²) in [5.74, 6) is 0. The number of hydrogen-bond acceptors (Lipinski definition) is 0. The van der Waals surface area contributed by atoms with Crippen LogP contribution in [0.1, 0.15) is 25.0 Å². The lowest BCUT2D eigenvalue weighted by Gasteiger charge is -2.25. The largest absolute Gasteiger partial charge is 0.0616 e. The number of benzene rings is 9. The van der Waals surface area contributed by atoms with Crippen molar-refractivity contribution in [2.45, 2.75) is 19.3 Å². The minimum Gasteiger partial charge on any atom is -0.0616 e. The maximum Gasteiger partial charge on any atom is 0.0165 e. The van der Waals surface area contributed by atoms with Crippen molar-refractivity contribution >= 4 is 53.9 Å². The lowest BCUT2D eigenvalue weighted by atomic mass is 9.78. The van der Waals surface area contributed by atoms with Crippen LogP contribution in [0.2, 0.25) is 0 Å². The van der Waals surface area contributed by atoms with Crippen LogP contribution in [0, 0.1) is 0 Å². The fourth-order valence-electron chi connectivity index (χ4n) is 8.74. The number of hydrogen-bond donors (Lipinski definition) is 0. The van der Waals surface area contributed by atoms with Crippen LogP contribution in [0.4, 0.5) is 0 Å². The van der Waals surface area contributed by atoms with Crippen LogP contribution in [0.15, 0.2) is 158 Å². The molecule has 0 saturated heterocycles. The Kier molecular flexibility index (Phi) is 5.44. The Balaban J connectivity index is 1.27. The van der Waals surface area contributed by atoms with Gasteiger partial charge in [0.25, 0.3) is 0 Å². The lowest BCUT2D eigenvalue weighted by Crippen LogP contribution is -2.15. The first-order chi connectivity index (χ1) is 23.1. The van der Waals surface area contributed by atoms with Gasteiger partial charge in [-0.25, -0.2) is 0 Å². The zero-order valence-corrected chi connectivity index (χ0v) is 26.5. The molecule has 1 aliphatic rings. The fraction of sp³-hybridized carbons (Fsp3) is 0.0638. The molecule has 10 rings (SSSR count). The molecular formula is C47H32. The van der Waals surface area contributed by atoms with Gasteiger partial charge in [-0.3, -0.25) is 0 Å². The molecule has 0 unspecified atom stereocenters. The Morgan fingerprint density at radius 2 is 0.766 bits per heavy atom. The van der Waals surface area contributed by atoms with Gasteiger partial charge >= 0.3 is 0 Å². The summed E-state index contributed by atoms with van der Waals surface area (Å²) in [4.78, 5) is 0. The monoisotopic (exact) mass is 596 g/mol. The normalized spacial score (nSPS) is 13.5. The van der Waals surface area contributed by atoms with Crippen molar-refractivity contribution < 1.29 is 0 Å². The zero-order valence-electron chi connectivity index (χ0n) is 26.5. The van der Waals surface area contributed by atoms with E-state index in [1.165, 1.54) is 98.4 Å². The highest BCUT2D eigenvalue weighted by molar-refractivity contribution is 6.22. The molecule has 0 spiro atoms. The molecule has 9 aromatic rings. The summed E-state index contributed by atoms with van der Waals surface area (Å²) in [5, 5.41) is 13.1. The molecule has 0 fully saturated rings. The molecule has 0 heteroatoms. The van der Waals surface area contributed by atoms with E-state index in [1.807, 2.05) is 0 Å². The van der Waals surface area contributed by atoms with Crippen molar-refractivity contribution in [3.8, 4) is 33.4 Å². The highest BCUT2D eigenvalue weighted by atomic mass is 14.4. The SMILES string of the molecule is CC1(C)c2cc(-c3c4ccccc4c(-c4ccc5ccccc5c4)c4ccccc34)ccc2-c2c1c1ccccc1c1ccccc21. The Labute approximate surface area is 274 Å². The van der Waals surface area contributed by atoms with Gasteiger partial charge in [0.05, 0.1) is 0 Å². The third kappa shape index (κ3) is 3.64. The first kappa shape index (κ1) is 26.5. The first-order valence-corrected chi connectivity index (χ1v) is 16.6. The molecule has 0 atom stereocenters. The summed E-state index contributed by atoms with van der Waals surface area (Å²) in [6.45, 7) is 4.84. The summed E-state index contributed by atoms with van der Waals surface area (Å²) in [7, 11) is 0. The summed E-state index contributed by atoms with van der Waals surface area (Å²) in [6.07, 6.45) is 0. The second-order valence-electron chi connectivity index (χ2n) is 13.6. The summed E-state index contributed by atoms with van der Waals surface area (Å²) >= 11 is 0. The van der Waals surface area contributed by atoms with Crippen LogP contribution in [-0.2, 0) is 5.41 Å². The smallest absolute Gasteiger partial charge is 0.0165 e. The molecule has 0 amide bonds. The lowest BCUT2D eigenvalue weighted by molar-refractivity contribution is 0.667. The van der Waals surface area contributed by atoms with Gasteiger partial charge in [-0.1, -0.05) is 159 Å². The molecule has 0 radical (unpaired) electrons. The van der Waals surface area contributed by atoms with Gasteiger partial charge in [-0.15, -0.1) is 0 Å². The highest BCUT2D eigenvalue weighted by Crippen LogP contribution is 2.56. The molecular weight excluding hydrogens is 565 g/mol. The molecule has 0 saturated carbocycles. The Bertz CT molecular complexity index is 2700. The minimum absolute atomic E-state index is 0.152. The topological polar surface area (TPSA) is 0 Å². The molecule has 0 N–H and O–H groups in total. The van der Waals surface area contributed by atoms with Crippen LogP contribution in [0.3, 0.4) is 0 Å². The van der Waals surface area contributed by atoms with Gasteiger partial charge < -0.3 is 0 Å². The molecule has 9 aromatic carbocycles. The van der Waals surface area contributed by atoms with E-state index >= 15 is 0 Å². The predicted octanol–water partition coefficient (Wildman–Crippen LogP) is 13.1. The highest BCUT2D eigenvalue weighted by Gasteiger charge is 2.38. The molecule has 0 nitrogen and oxygen atoms in total. The molecule has 0 aromatic heterocycles. The average Bonchev–Trinajstić information content (AvgIpc) is 3.36. The summed E-state index contributed by atoms with van der Waals surface area (Å²) in [5.41, 5.74) is 10.6. The minimum atomic E-state index is -0.152. The van der Waals surface area contributed by atoms with Crippen LogP contribution in [-0.4, -0.2) is 0 Å². The Hall–Kier alpha value is -5.72. The number of rotatable bonds is 2. The maximum absolute atomic E-state index is 2.50. The molecule has 0 aliphatic heterocycles. The van der Waals surface area contributed by atoms with Gasteiger partial charge in [-0.2, -0.15) is 0 Å². The Morgan fingerprint density at radius 1 is 0.340 bits per heavy atom. The van der Waals surface area contributed by atoms with E-state index in [2.05, 4.69) is 172 Å². The van der Waals surface area contributed by atoms with Crippen molar-refractivity contribution in [2.24, 2.45) is 0 Å². The van der Waals surface area contributed by atoms with E-state index in [0.29, 0.717) is 0 Å². The van der Waals surface area contributed by atoms with Crippen molar-refractivity contribution in [3.63, 3.8) is 0 Å². The molecule has 47 heavy (non-hydrogen) atoms. The number of fused-ring (bicyclic) bond motifs is 11. The van der Waals surface area contributed by atoms with Gasteiger partial charge in [0, 0.05) is 5.41 Å². The summed E-state index contributed by atoms with van der Waals surface area (Å²) < 4.78 is 0. The molecule has 220 valence electrons. The van der Waals surface area contributed by atoms with Crippen molar-refractivity contribution in [1.29, 1.82) is 0 Å². The third-order valence-electron chi connectivity index (χ3n) is 10.8. The molecule has 0 heterocycles. The van der Waals surface area contributed by atoms with Crippen LogP contribution < -0.4 is 0 Å². The zero-order chi connectivity index (χ0) is 31.3. The fourth-order valence-corrected chi connectivity index (χ4v) is 8.74. The van der Waals surface area contributed by atoms with Gasteiger partial charge in [0.1, 0.15) is 0 Å². The van der Waals surface area contributed by atoms with Gasteiger partial charge in [-0.05, 0) is 111 Å². The van der Waals surface area contributed by atoms with Crippen LogP contribution in [0.5, 0.6) is 0 Å². The standard InChI is InChI=1S/C47H32/c1-47(2)42-28-32(25-26-41(42)45-35-17-7-5-15-33(35)34-16-6-12-22-40(34)46(45)47)44-38-20-10-8-18-36(38)43(37-19-9-11-21-39(37)44)31-24-23-29-13-3-4-14-30(29)27-31/h3-28H,1-2H3. The van der Waals surface area contributed by atoms with Crippen molar-refractivity contribution in [2.75, 3.05) is 0 Å². The quantitative estimate of drug-likeness (QED) is 0.138. The van der Waals surface area contributed by atoms with Gasteiger partial charge in [0.2, 0.25) is 0 Å². The predicted molar refractivity (Wildman–Crippen MR) is 202 cm³/mol.